The largest absolute Gasteiger partial charge is 0.497 e. The third-order valence-electron chi connectivity index (χ3n) is 7.54. The summed E-state index contributed by atoms with van der Waals surface area (Å²) in [5.41, 5.74) is 0.984. The zero-order valence-corrected chi connectivity index (χ0v) is 20.3. The van der Waals surface area contributed by atoms with Gasteiger partial charge in [0.15, 0.2) is 0 Å². The summed E-state index contributed by atoms with van der Waals surface area (Å²) in [6, 6.07) is 14.8. The lowest BCUT2D eigenvalue weighted by molar-refractivity contribution is -0.150. The third kappa shape index (κ3) is 4.94. The number of carbonyl (C=O) groups is 2. The summed E-state index contributed by atoms with van der Waals surface area (Å²) in [7, 11) is 3.73. The van der Waals surface area contributed by atoms with Crippen LogP contribution in [0.5, 0.6) is 5.75 Å². The highest BCUT2D eigenvalue weighted by Crippen LogP contribution is 2.39. The monoisotopic (exact) mass is 467 g/mol. The quantitative estimate of drug-likeness (QED) is 0.675. The second kappa shape index (κ2) is 10.1. The second-order valence-corrected chi connectivity index (χ2v) is 9.58. The van der Waals surface area contributed by atoms with Gasteiger partial charge in [-0.15, -0.1) is 0 Å². The molecule has 0 spiro atoms. The minimum Gasteiger partial charge on any atom is -0.497 e. The first kappa shape index (κ1) is 24.2. The number of nitrogens with zero attached hydrogens (tertiary/aromatic N) is 3. The molecule has 7 heteroatoms. The van der Waals surface area contributed by atoms with Crippen molar-refractivity contribution in [1.82, 2.24) is 14.7 Å². The summed E-state index contributed by atoms with van der Waals surface area (Å²) >= 11 is 0. The Labute approximate surface area is 201 Å². The van der Waals surface area contributed by atoms with E-state index in [1.54, 1.807) is 31.1 Å². The number of benzene rings is 2. The van der Waals surface area contributed by atoms with E-state index in [4.69, 9.17) is 4.74 Å². The average Bonchev–Trinajstić information content (AvgIpc) is 2.86. The molecule has 2 heterocycles. The Balaban J connectivity index is 1.58. The summed E-state index contributed by atoms with van der Waals surface area (Å²) in [6.07, 6.45) is 1.43. The van der Waals surface area contributed by atoms with Gasteiger partial charge >= 0.3 is 0 Å². The molecule has 2 saturated heterocycles. The molecule has 2 amide bonds. The van der Waals surface area contributed by atoms with E-state index in [0.717, 1.165) is 17.9 Å². The van der Waals surface area contributed by atoms with Crippen molar-refractivity contribution in [3.8, 4) is 5.75 Å². The zero-order chi connectivity index (χ0) is 24.3. The van der Waals surface area contributed by atoms with Crippen LogP contribution in [0.1, 0.15) is 36.9 Å². The van der Waals surface area contributed by atoms with Crippen molar-refractivity contribution >= 4 is 11.8 Å². The van der Waals surface area contributed by atoms with Gasteiger partial charge in [0.05, 0.1) is 18.6 Å². The van der Waals surface area contributed by atoms with Gasteiger partial charge in [-0.05, 0) is 55.6 Å². The highest BCUT2D eigenvalue weighted by molar-refractivity contribution is 5.84. The molecule has 0 radical (unpaired) electrons. The molecule has 2 aromatic carbocycles. The van der Waals surface area contributed by atoms with Gasteiger partial charge in [-0.25, -0.2) is 4.39 Å². The Bertz CT molecular complexity index is 1020. The molecule has 4 rings (SSSR count). The molecule has 0 bridgehead atoms. The minimum atomic E-state index is -0.714. The smallest absolute Gasteiger partial charge is 0.229 e. The Hall–Kier alpha value is -2.93. The molecule has 0 aromatic heterocycles. The first-order valence-electron chi connectivity index (χ1n) is 12.0. The van der Waals surface area contributed by atoms with Gasteiger partial charge in [-0.3, -0.25) is 14.5 Å². The lowest BCUT2D eigenvalue weighted by Gasteiger charge is -2.47. The Kier molecular flexibility index (Phi) is 7.22. The van der Waals surface area contributed by atoms with Crippen LogP contribution in [0.3, 0.4) is 0 Å². The van der Waals surface area contributed by atoms with Crippen molar-refractivity contribution in [3.63, 3.8) is 0 Å². The Morgan fingerprint density at radius 2 is 1.68 bits per heavy atom. The highest BCUT2D eigenvalue weighted by atomic mass is 19.1. The van der Waals surface area contributed by atoms with Crippen LogP contribution < -0.4 is 4.74 Å². The number of carbonyl (C=O) groups excluding carboxylic acids is 2. The molecule has 34 heavy (non-hydrogen) atoms. The Morgan fingerprint density at radius 1 is 1.00 bits per heavy atom. The van der Waals surface area contributed by atoms with Crippen LogP contribution in [-0.4, -0.2) is 73.4 Å². The van der Waals surface area contributed by atoms with E-state index in [1.807, 2.05) is 23.1 Å². The van der Waals surface area contributed by atoms with E-state index in [1.165, 1.54) is 6.07 Å². The van der Waals surface area contributed by atoms with Crippen molar-refractivity contribution in [2.45, 2.75) is 32.2 Å². The standard InChI is InChI=1S/C27H34FN3O3/c1-20(32)30-14-12-27(13-15-30,18-22-6-4-5-7-24(22)28)26(33)31-17-16-29(2)25(19-31)21-8-10-23(34-3)11-9-21/h4-11,25H,12-19H2,1-3H3. The SMILES string of the molecule is COc1ccc(C2CN(C(=O)C3(Cc4ccccc4F)CCN(C(C)=O)CC3)CCN2C)cc1. The molecule has 0 aliphatic carbocycles. The van der Waals surface area contributed by atoms with Crippen LogP contribution >= 0.6 is 0 Å². The van der Waals surface area contributed by atoms with E-state index in [-0.39, 0.29) is 23.7 Å². The number of likely N-dealkylation sites (tertiary alicyclic amines) is 1. The molecule has 2 aliphatic heterocycles. The summed E-state index contributed by atoms with van der Waals surface area (Å²) < 4.78 is 19.9. The van der Waals surface area contributed by atoms with Gasteiger partial charge in [-0.2, -0.15) is 0 Å². The van der Waals surface area contributed by atoms with Gasteiger partial charge in [0.25, 0.3) is 0 Å². The topological polar surface area (TPSA) is 53.1 Å². The van der Waals surface area contributed by atoms with Gasteiger partial charge < -0.3 is 14.5 Å². The van der Waals surface area contributed by atoms with Crippen molar-refractivity contribution in [2.75, 3.05) is 46.9 Å². The molecule has 0 N–H and O–H groups in total. The average molecular weight is 468 g/mol. The lowest BCUT2D eigenvalue weighted by Crippen LogP contribution is -2.56. The second-order valence-electron chi connectivity index (χ2n) is 9.58. The number of hydrogen-bond donors (Lipinski definition) is 0. The molecule has 1 atom stereocenters. The number of piperazine rings is 1. The van der Waals surface area contributed by atoms with E-state index < -0.39 is 5.41 Å². The Morgan fingerprint density at radius 3 is 2.29 bits per heavy atom. The molecule has 2 aliphatic rings. The fraction of sp³-hybridized carbons (Fsp3) is 0.481. The van der Waals surface area contributed by atoms with Gasteiger partial charge in [0.2, 0.25) is 11.8 Å². The van der Waals surface area contributed by atoms with Crippen LogP contribution in [-0.2, 0) is 16.0 Å². The fourth-order valence-corrected chi connectivity index (χ4v) is 5.30. The lowest BCUT2D eigenvalue weighted by atomic mass is 9.72. The number of piperidine rings is 1. The van der Waals surface area contributed by atoms with Crippen molar-refractivity contribution < 1.29 is 18.7 Å². The third-order valence-corrected chi connectivity index (χ3v) is 7.54. The van der Waals surface area contributed by atoms with E-state index >= 15 is 0 Å². The number of methoxy groups -OCH3 is 1. The van der Waals surface area contributed by atoms with E-state index in [0.29, 0.717) is 51.0 Å². The summed E-state index contributed by atoms with van der Waals surface area (Å²) in [5, 5.41) is 0. The first-order chi connectivity index (χ1) is 16.3. The molecule has 0 saturated carbocycles. The van der Waals surface area contributed by atoms with Gasteiger partial charge in [0, 0.05) is 39.6 Å². The summed E-state index contributed by atoms with van der Waals surface area (Å²) in [4.78, 5) is 32.1. The van der Waals surface area contributed by atoms with Gasteiger partial charge in [-0.1, -0.05) is 30.3 Å². The van der Waals surface area contributed by atoms with Crippen LogP contribution in [0.15, 0.2) is 48.5 Å². The van der Waals surface area contributed by atoms with Gasteiger partial charge in [0.1, 0.15) is 11.6 Å². The van der Waals surface area contributed by atoms with Crippen molar-refractivity contribution in [1.29, 1.82) is 0 Å². The number of likely N-dealkylation sites (N-methyl/N-ethyl adjacent to an activating group) is 1. The van der Waals surface area contributed by atoms with Crippen molar-refractivity contribution in [3.05, 3.63) is 65.5 Å². The summed E-state index contributed by atoms with van der Waals surface area (Å²) in [6.45, 7) is 4.58. The van der Waals surface area contributed by atoms with Crippen LogP contribution in [0.4, 0.5) is 4.39 Å². The molecular formula is C27H34FN3O3. The fourth-order valence-electron chi connectivity index (χ4n) is 5.30. The number of ether oxygens (including phenoxy) is 1. The number of amides is 2. The van der Waals surface area contributed by atoms with E-state index in [9.17, 15) is 14.0 Å². The summed E-state index contributed by atoms with van der Waals surface area (Å²) in [5.74, 6) is 0.617. The normalized spacial score (nSPS) is 20.8. The van der Waals surface area contributed by atoms with Crippen LogP contribution in [0.25, 0.3) is 0 Å². The number of hydrogen-bond acceptors (Lipinski definition) is 4. The molecule has 1 unspecified atom stereocenters. The number of rotatable bonds is 5. The predicted octanol–water partition coefficient (Wildman–Crippen LogP) is 3.52. The zero-order valence-electron chi connectivity index (χ0n) is 20.3. The first-order valence-corrected chi connectivity index (χ1v) is 12.0. The highest BCUT2D eigenvalue weighted by Gasteiger charge is 2.45. The maximum atomic E-state index is 14.6. The van der Waals surface area contributed by atoms with Crippen LogP contribution in [0, 0.1) is 11.2 Å². The molecule has 2 fully saturated rings. The molecule has 182 valence electrons. The predicted molar refractivity (Wildman–Crippen MR) is 129 cm³/mol. The molecule has 6 nitrogen and oxygen atoms in total. The van der Waals surface area contributed by atoms with E-state index in [2.05, 4.69) is 24.1 Å². The minimum absolute atomic E-state index is 0.0195. The number of halogens is 1. The molecule has 2 aromatic rings. The maximum Gasteiger partial charge on any atom is 0.229 e. The maximum absolute atomic E-state index is 14.6. The van der Waals surface area contributed by atoms with Crippen molar-refractivity contribution in [2.24, 2.45) is 5.41 Å². The molecular weight excluding hydrogens is 433 g/mol. The van der Waals surface area contributed by atoms with Crippen LogP contribution in [0.2, 0.25) is 0 Å².